The lowest BCUT2D eigenvalue weighted by molar-refractivity contribution is -0.0319. The van der Waals surface area contributed by atoms with E-state index in [0.717, 1.165) is 24.7 Å². The molecule has 2 aliphatic rings. The van der Waals surface area contributed by atoms with Gasteiger partial charge >= 0.3 is 0 Å². The Morgan fingerprint density at radius 3 is 2.30 bits per heavy atom. The van der Waals surface area contributed by atoms with Crippen LogP contribution in [0, 0.1) is 5.92 Å². The number of nitrogens with one attached hydrogen (secondary N) is 1. The summed E-state index contributed by atoms with van der Waals surface area (Å²) in [5.74, 6) is 0.808. The molecule has 2 fully saturated rings. The minimum atomic E-state index is 0.317. The Kier molecular flexibility index (Phi) is 7.37. The molecule has 1 N–H and O–H groups in total. The lowest BCUT2D eigenvalue weighted by Crippen LogP contribution is -2.64. The van der Waals surface area contributed by atoms with E-state index in [1.54, 1.807) is 0 Å². The molecule has 0 aromatic rings. The lowest BCUT2D eigenvalue weighted by Gasteiger charge is -2.52. The van der Waals surface area contributed by atoms with Crippen LogP contribution in [-0.2, 0) is 0 Å². The summed E-state index contributed by atoms with van der Waals surface area (Å²) in [5.41, 5.74) is 0.317. The third kappa shape index (κ3) is 5.17. The maximum absolute atomic E-state index is 3.74. The van der Waals surface area contributed by atoms with Crippen LogP contribution in [0.25, 0.3) is 0 Å². The minimum absolute atomic E-state index is 0.317. The Morgan fingerprint density at radius 1 is 1.09 bits per heavy atom. The largest absolute Gasteiger partial charge is 0.304 e. The van der Waals surface area contributed by atoms with Crippen molar-refractivity contribution in [2.45, 2.75) is 97.2 Å². The van der Waals surface area contributed by atoms with Gasteiger partial charge < -0.3 is 5.32 Å². The summed E-state index contributed by atoms with van der Waals surface area (Å²) in [6.45, 7) is 16.6. The first-order valence-corrected chi connectivity index (χ1v) is 10.2. The van der Waals surface area contributed by atoms with E-state index >= 15 is 0 Å². The second-order valence-electron chi connectivity index (χ2n) is 8.80. The van der Waals surface area contributed by atoms with Gasteiger partial charge in [-0.3, -0.25) is 9.80 Å². The summed E-state index contributed by atoms with van der Waals surface area (Å²) in [4.78, 5) is 5.56. The molecule has 2 atom stereocenters. The van der Waals surface area contributed by atoms with Gasteiger partial charge in [0.1, 0.15) is 0 Å². The molecular weight excluding hydrogens is 282 g/mol. The Balaban J connectivity index is 2.01. The smallest absolute Gasteiger partial charge is 0.0486 e. The molecule has 0 aliphatic carbocycles. The molecule has 0 radical (unpaired) electrons. The van der Waals surface area contributed by atoms with Crippen LogP contribution in [0.2, 0.25) is 0 Å². The third-order valence-corrected chi connectivity index (χ3v) is 6.02. The fourth-order valence-electron chi connectivity index (χ4n) is 4.52. The number of hydrogen-bond acceptors (Lipinski definition) is 3. The van der Waals surface area contributed by atoms with E-state index in [2.05, 4.69) is 49.7 Å². The van der Waals surface area contributed by atoms with Gasteiger partial charge in [-0.1, -0.05) is 39.5 Å². The van der Waals surface area contributed by atoms with E-state index in [4.69, 9.17) is 0 Å². The van der Waals surface area contributed by atoms with Crippen LogP contribution >= 0.6 is 0 Å². The standard InChI is InChI=1S/C20H41N3/c1-6-8-10-18(11-9-7-2)23-16-21-14-17-15-22(20(3,4)5)13-12-19(17)23/h17-19,21H,6-16H2,1-5H3. The highest BCUT2D eigenvalue weighted by Gasteiger charge is 2.40. The summed E-state index contributed by atoms with van der Waals surface area (Å²) in [5, 5.41) is 3.74. The Hall–Kier alpha value is -0.120. The van der Waals surface area contributed by atoms with Crippen LogP contribution in [0.5, 0.6) is 0 Å². The van der Waals surface area contributed by atoms with Crippen LogP contribution in [0.1, 0.15) is 79.6 Å². The summed E-state index contributed by atoms with van der Waals surface area (Å²) < 4.78 is 0. The van der Waals surface area contributed by atoms with Crippen LogP contribution in [0.3, 0.4) is 0 Å². The van der Waals surface area contributed by atoms with Crippen molar-refractivity contribution in [3.8, 4) is 0 Å². The van der Waals surface area contributed by atoms with E-state index in [1.807, 2.05) is 0 Å². The fourth-order valence-corrected chi connectivity index (χ4v) is 4.52. The van der Waals surface area contributed by atoms with Crippen LogP contribution < -0.4 is 5.32 Å². The molecule has 3 nitrogen and oxygen atoms in total. The second-order valence-corrected chi connectivity index (χ2v) is 8.80. The fraction of sp³-hybridized carbons (Fsp3) is 1.00. The predicted molar refractivity (Wildman–Crippen MR) is 101 cm³/mol. The molecule has 0 amide bonds. The molecule has 23 heavy (non-hydrogen) atoms. The number of fused-ring (bicyclic) bond motifs is 1. The number of likely N-dealkylation sites (tertiary alicyclic amines) is 1. The van der Waals surface area contributed by atoms with Crippen molar-refractivity contribution in [3.63, 3.8) is 0 Å². The van der Waals surface area contributed by atoms with Crippen molar-refractivity contribution in [1.82, 2.24) is 15.1 Å². The van der Waals surface area contributed by atoms with Crippen molar-refractivity contribution >= 4 is 0 Å². The SMILES string of the molecule is CCCCC(CCCC)N1CNCC2CN(C(C)(C)C)CCC21. The van der Waals surface area contributed by atoms with Gasteiger partial charge in [0.15, 0.2) is 0 Å². The topological polar surface area (TPSA) is 18.5 Å². The van der Waals surface area contributed by atoms with Crippen molar-refractivity contribution in [3.05, 3.63) is 0 Å². The highest BCUT2D eigenvalue weighted by atomic mass is 15.3. The Morgan fingerprint density at radius 2 is 1.74 bits per heavy atom. The number of rotatable bonds is 7. The number of piperidine rings is 1. The highest BCUT2D eigenvalue weighted by molar-refractivity contribution is 4.95. The average molecular weight is 324 g/mol. The van der Waals surface area contributed by atoms with Crippen molar-refractivity contribution in [2.75, 3.05) is 26.3 Å². The molecule has 2 aliphatic heterocycles. The highest BCUT2D eigenvalue weighted by Crippen LogP contribution is 2.31. The van der Waals surface area contributed by atoms with Crippen molar-refractivity contribution in [2.24, 2.45) is 5.92 Å². The molecule has 0 aromatic heterocycles. The molecule has 2 saturated heterocycles. The molecule has 0 bridgehead atoms. The molecule has 0 aromatic carbocycles. The van der Waals surface area contributed by atoms with E-state index < -0.39 is 0 Å². The van der Waals surface area contributed by atoms with Crippen molar-refractivity contribution < 1.29 is 0 Å². The quantitative estimate of drug-likeness (QED) is 0.761. The average Bonchev–Trinajstić information content (AvgIpc) is 2.53. The van der Waals surface area contributed by atoms with Gasteiger partial charge in [0.2, 0.25) is 0 Å². The maximum atomic E-state index is 3.74. The molecular formula is C20H41N3. The van der Waals surface area contributed by atoms with E-state index in [1.165, 1.54) is 64.6 Å². The number of hydrogen-bond donors (Lipinski definition) is 1. The summed E-state index contributed by atoms with van der Waals surface area (Å²) in [7, 11) is 0. The first-order chi connectivity index (χ1) is 11.0. The maximum Gasteiger partial charge on any atom is 0.0486 e. The minimum Gasteiger partial charge on any atom is -0.304 e. The monoisotopic (exact) mass is 323 g/mol. The Labute approximate surface area is 145 Å². The zero-order chi connectivity index (χ0) is 16.9. The second kappa shape index (κ2) is 8.82. The normalized spacial score (nSPS) is 27.4. The van der Waals surface area contributed by atoms with E-state index in [0.29, 0.717) is 5.54 Å². The zero-order valence-electron chi connectivity index (χ0n) is 16.4. The van der Waals surface area contributed by atoms with Gasteiger partial charge in [-0.15, -0.1) is 0 Å². The van der Waals surface area contributed by atoms with Gasteiger partial charge in [0.25, 0.3) is 0 Å². The molecule has 0 spiro atoms. The van der Waals surface area contributed by atoms with Gasteiger partial charge in [-0.2, -0.15) is 0 Å². The van der Waals surface area contributed by atoms with E-state index in [9.17, 15) is 0 Å². The molecule has 2 heterocycles. The third-order valence-electron chi connectivity index (χ3n) is 6.02. The number of unbranched alkanes of at least 4 members (excludes halogenated alkanes) is 2. The van der Waals surface area contributed by atoms with Gasteiger partial charge in [-0.05, 0) is 46.0 Å². The summed E-state index contributed by atoms with van der Waals surface area (Å²) >= 11 is 0. The summed E-state index contributed by atoms with van der Waals surface area (Å²) in [6, 6.07) is 1.62. The van der Waals surface area contributed by atoms with Gasteiger partial charge in [0, 0.05) is 43.9 Å². The van der Waals surface area contributed by atoms with Crippen LogP contribution in [0.15, 0.2) is 0 Å². The van der Waals surface area contributed by atoms with Crippen LogP contribution in [-0.4, -0.2) is 53.7 Å². The molecule has 3 heteroatoms. The molecule has 0 saturated carbocycles. The summed E-state index contributed by atoms with van der Waals surface area (Å²) in [6.07, 6.45) is 9.57. The lowest BCUT2D eigenvalue weighted by atomic mass is 9.85. The van der Waals surface area contributed by atoms with E-state index in [-0.39, 0.29) is 0 Å². The van der Waals surface area contributed by atoms with Gasteiger partial charge in [0.05, 0.1) is 0 Å². The molecule has 2 unspecified atom stereocenters. The number of nitrogens with zero attached hydrogens (tertiary/aromatic N) is 2. The molecule has 2 rings (SSSR count). The zero-order valence-corrected chi connectivity index (χ0v) is 16.4. The van der Waals surface area contributed by atoms with Crippen molar-refractivity contribution in [1.29, 1.82) is 0 Å². The first-order valence-electron chi connectivity index (χ1n) is 10.2. The van der Waals surface area contributed by atoms with Crippen LogP contribution in [0.4, 0.5) is 0 Å². The Bertz CT molecular complexity index is 328. The van der Waals surface area contributed by atoms with Gasteiger partial charge in [-0.25, -0.2) is 0 Å². The predicted octanol–water partition coefficient (Wildman–Crippen LogP) is 4.09. The molecule has 136 valence electrons. The first kappa shape index (κ1) is 19.2.